The molecule has 0 aliphatic heterocycles. The maximum Gasteiger partial charge on any atom is 0.251 e. The predicted molar refractivity (Wildman–Crippen MR) is 131 cm³/mol. The molecule has 33 heavy (non-hydrogen) atoms. The molecule has 1 amide bonds. The standard InChI is InChI=1S/C26H20ClN5O/c27-21-12-20-9-16(2-4-24(20)31-15-21)11-22-13-19(6-7-29-22)26(33)32-14-17-1-3-23-18(10-17)5-8-30-25(23)28/h1-10,12-13,15H,11,14H2,(H2,28,30)(H,32,33). The molecule has 0 spiro atoms. The number of pyridine rings is 3. The summed E-state index contributed by atoms with van der Waals surface area (Å²) < 4.78 is 0. The van der Waals surface area contributed by atoms with Gasteiger partial charge in [-0.1, -0.05) is 29.8 Å². The molecule has 0 saturated heterocycles. The number of nitrogen functional groups attached to an aromatic ring is 1. The normalized spacial score (nSPS) is 11.1. The van der Waals surface area contributed by atoms with Crippen LogP contribution in [0.15, 0.2) is 79.3 Å². The summed E-state index contributed by atoms with van der Waals surface area (Å²) in [5.74, 6) is 0.348. The second-order valence-corrected chi connectivity index (χ2v) is 8.26. The van der Waals surface area contributed by atoms with E-state index in [0.717, 1.165) is 38.5 Å². The van der Waals surface area contributed by atoms with Gasteiger partial charge in [-0.3, -0.25) is 14.8 Å². The lowest BCUT2D eigenvalue weighted by Gasteiger charge is -2.09. The van der Waals surface area contributed by atoms with E-state index < -0.39 is 0 Å². The average Bonchev–Trinajstić information content (AvgIpc) is 2.82. The summed E-state index contributed by atoms with van der Waals surface area (Å²) >= 11 is 6.07. The number of fused-ring (bicyclic) bond motifs is 2. The molecule has 5 rings (SSSR count). The van der Waals surface area contributed by atoms with E-state index in [9.17, 15) is 4.79 Å². The lowest BCUT2D eigenvalue weighted by Crippen LogP contribution is -2.23. The molecule has 162 valence electrons. The summed E-state index contributed by atoms with van der Waals surface area (Å²) in [6, 6.07) is 19.2. The van der Waals surface area contributed by atoms with Crippen molar-refractivity contribution >= 4 is 45.0 Å². The summed E-state index contributed by atoms with van der Waals surface area (Å²) in [6.07, 6.45) is 5.58. The number of hydrogen-bond acceptors (Lipinski definition) is 5. The predicted octanol–water partition coefficient (Wildman–Crippen LogP) is 4.93. The second kappa shape index (κ2) is 8.84. The number of nitrogens with one attached hydrogen (secondary N) is 1. The van der Waals surface area contributed by atoms with Crippen molar-refractivity contribution in [2.45, 2.75) is 13.0 Å². The van der Waals surface area contributed by atoms with Crippen LogP contribution in [0.3, 0.4) is 0 Å². The van der Waals surface area contributed by atoms with E-state index >= 15 is 0 Å². The van der Waals surface area contributed by atoms with Gasteiger partial charge in [0.25, 0.3) is 5.91 Å². The van der Waals surface area contributed by atoms with Crippen LogP contribution in [0.1, 0.15) is 27.2 Å². The largest absolute Gasteiger partial charge is 0.383 e. The van der Waals surface area contributed by atoms with Crippen LogP contribution < -0.4 is 11.1 Å². The number of carbonyl (C=O) groups excluding carboxylic acids is 1. The first-order valence-electron chi connectivity index (χ1n) is 10.5. The van der Waals surface area contributed by atoms with Gasteiger partial charge in [-0.25, -0.2) is 4.98 Å². The number of aromatic nitrogens is 3. The van der Waals surface area contributed by atoms with Gasteiger partial charge >= 0.3 is 0 Å². The highest BCUT2D eigenvalue weighted by Crippen LogP contribution is 2.21. The number of amides is 1. The van der Waals surface area contributed by atoms with Crippen molar-refractivity contribution in [2.75, 3.05) is 5.73 Å². The SMILES string of the molecule is Nc1nccc2cc(CNC(=O)c3ccnc(Cc4ccc5ncc(Cl)cc5c4)c3)ccc12. The first kappa shape index (κ1) is 20.8. The highest BCUT2D eigenvalue weighted by molar-refractivity contribution is 6.31. The molecule has 5 aromatic rings. The molecule has 3 aromatic heterocycles. The zero-order valence-corrected chi connectivity index (χ0v) is 18.4. The van der Waals surface area contributed by atoms with E-state index in [4.69, 9.17) is 17.3 Å². The summed E-state index contributed by atoms with van der Waals surface area (Å²) in [6.45, 7) is 0.410. The number of hydrogen-bond donors (Lipinski definition) is 2. The minimum atomic E-state index is -0.150. The summed E-state index contributed by atoms with van der Waals surface area (Å²) in [4.78, 5) is 25.6. The fraction of sp³-hybridized carbons (Fsp3) is 0.0769. The van der Waals surface area contributed by atoms with Crippen molar-refractivity contribution in [2.24, 2.45) is 0 Å². The maximum absolute atomic E-state index is 12.8. The lowest BCUT2D eigenvalue weighted by atomic mass is 10.0. The third-order valence-electron chi connectivity index (χ3n) is 5.49. The molecule has 0 unspecified atom stereocenters. The molecule has 2 aromatic carbocycles. The minimum absolute atomic E-state index is 0.150. The molecule has 0 fully saturated rings. The van der Waals surface area contributed by atoms with Crippen molar-refractivity contribution < 1.29 is 4.79 Å². The van der Waals surface area contributed by atoms with Gasteiger partial charge in [0.05, 0.1) is 10.5 Å². The average molecular weight is 454 g/mol. The lowest BCUT2D eigenvalue weighted by molar-refractivity contribution is 0.0950. The van der Waals surface area contributed by atoms with Gasteiger partial charge < -0.3 is 11.1 Å². The van der Waals surface area contributed by atoms with Crippen LogP contribution in [-0.2, 0) is 13.0 Å². The molecule has 0 radical (unpaired) electrons. The molecule has 0 atom stereocenters. The van der Waals surface area contributed by atoms with E-state index in [1.807, 2.05) is 54.6 Å². The third-order valence-corrected chi connectivity index (χ3v) is 5.70. The molecular formula is C26H20ClN5O. The molecule has 7 heteroatoms. The maximum atomic E-state index is 12.8. The van der Waals surface area contributed by atoms with Crippen LogP contribution in [0.2, 0.25) is 5.02 Å². The second-order valence-electron chi connectivity index (χ2n) is 7.83. The summed E-state index contributed by atoms with van der Waals surface area (Å²) in [5.41, 5.74) is 10.2. The smallest absolute Gasteiger partial charge is 0.251 e. The van der Waals surface area contributed by atoms with Crippen LogP contribution in [0.4, 0.5) is 5.82 Å². The van der Waals surface area contributed by atoms with E-state index in [1.54, 1.807) is 24.7 Å². The zero-order chi connectivity index (χ0) is 22.8. The third kappa shape index (κ3) is 4.61. The highest BCUT2D eigenvalue weighted by atomic mass is 35.5. The number of nitrogens with zero attached hydrogens (tertiary/aromatic N) is 3. The number of halogens is 1. The molecular weight excluding hydrogens is 434 g/mol. The summed E-state index contributed by atoms with van der Waals surface area (Å²) in [5, 5.41) is 6.45. The number of nitrogens with two attached hydrogens (primary N) is 1. The van der Waals surface area contributed by atoms with E-state index in [-0.39, 0.29) is 5.91 Å². The van der Waals surface area contributed by atoms with Gasteiger partial charge in [0.2, 0.25) is 0 Å². The van der Waals surface area contributed by atoms with Gasteiger partial charge in [-0.2, -0.15) is 0 Å². The molecule has 0 bridgehead atoms. The molecule has 0 saturated carbocycles. The van der Waals surface area contributed by atoms with E-state index in [0.29, 0.717) is 29.4 Å². The zero-order valence-electron chi connectivity index (χ0n) is 17.6. The van der Waals surface area contributed by atoms with Gasteiger partial charge in [0, 0.05) is 53.6 Å². The van der Waals surface area contributed by atoms with Gasteiger partial charge in [0.15, 0.2) is 0 Å². The first-order valence-corrected chi connectivity index (χ1v) is 10.8. The Labute approximate surface area is 195 Å². The molecule has 3 heterocycles. The van der Waals surface area contributed by atoms with Crippen molar-refractivity contribution in [3.63, 3.8) is 0 Å². The van der Waals surface area contributed by atoms with Crippen LogP contribution in [-0.4, -0.2) is 20.9 Å². The topological polar surface area (TPSA) is 93.8 Å². The summed E-state index contributed by atoms with van der Waals surface area (Å²) in [7, 11) is 0. The Bertz CT molecular complexity index is 1500. The Kier molecular flexibility index (Phi) is 5.59. The molecule has 6 nitrogen and oxygen atoms in total. The van der Waals surface area contributed by atoms with Crippen LogP contribution in [0.25, 0.3) is 21.7 Å². The Balaban J connectivity index is 1.29. The van der Waals surface area contributed by atoms with Gasteiger partial charge in [0.1, 0.15) is 5.82 Å². The van der Waals surface area contributed by atoms with E-state index in [1.165, 1.54) is 0 Å². The molecule has 0 aliphatic carbocycles. The monoisotopic (exact) mass is 453 g/mol. The van der Waals surface area contributed by atoms with Gasteiger partial charge in [-0.05, 0) is 59.0 Å². The number of benzene rings is 2. The van der Waals surface area contributed by atoms with Crippen molar-refractivity contribution in [3.05, 3.63) is 107 Å². The first-order chi connectivity index (χ1) is 16.0. The van der Waals surface area contributed by atoms with Crippen LogP contribution in [0.5, 0.6) is 0 Å². The van der Waals surface area contributed by atoms with Crippen molar-refractivity contribution in [1.29, 1.82) is 0 Å². The molecule has 3 N–H and O–H groups in total. The number of anilines is 1. The van der Waals surface area contributed by atoms with Gasteiger partial charge in [-0.15, -0.1) is 0 Å². The Hall–Kier alpha value is -4.03. The fourth-order valence-corrected chi connectivity index (χ4v) is 4.00. The van der Waals surface area contributed by atoms with Crippen molar-refractivity contribution in [3.8, 4) is 0 Å². The molecule has 0 aliphatic rings. The van der Waals surface area contributed by atoms with E-state index in [2.05, 4.69) is 20.3 Å². The quantitative estimate of drug-likeness (QED) is 0.393. The number of rotatable bonds is 5. The fourth-order valence-electron chi connectivity index (χ4n) is 3.83. The Morgan fingerprint density at radius 3 is 2.61 bits per heavy atom. The Morgan fingerprint density at radius 1 is 0.879 bits per heavy atom. The highest BCUT2D eigenvalue weighted by Gasteiger charge is 2.09. The Morgan fingerprint density at radius 2 is 1.70 bits per heavy atom. The van der Waals surface area contributed by atoms with Crippen LogP contribution in [0, 0.1) is 0 Å². The van der Waals surface area contributed by atoms with Crippen LogP contribution >= 0.6 is 11.6 Å². The minimum Gasteiger partial charge on any atom is -0.383 e. The van der Waals surface area contributed by atoms with Crippen molar-refractivity contribution in [1.82, 2.24) is 20.3 Å². The number of carbonyl (C=O) groups is 1.